The maximum absolute atomic E-state index is 13.8. The maximum atomic E-state index is 13.8. The number of hydrogen-bond donors (Lipinski definition) is 0. The number of methoxy groups -OCH3 is 4. The molecule has 3 aromatic carbocycles. The molecule has 0 aliphatic heterocycles. The van der Waals surface area contributed by atoms with Crippen molar-refractivity contribution in [2.75, 3.05) is 40.1 Å². The second kappa shape index (κ2) is 11.6. The molecule has 0 spiro atoms. The van der Waals surface area contributed by atoms with Gasteiger partial charge in [0.05, 0.1) is 51.5 Å². The van der Waals surface area contributed by atoms with Crippen LogP contribution in [0.1, 0.15) is 22.8 Å². The zero-order valence-corrected chi connectivity index (χ0v) is 22.0. The zero-order valence-electron chi connectivity index (χ0n) is 21.2. The average Bonchev–Trinajstić information content (AvgIpc) is 3.36. The molecule has 10 heteroatoms. The molecule has 0 fully saturated rings. The molecule has 0 atom stereocenters. The Hall–Kier alpha value is -4.31. The fourth-order valence-electron chi connectivity index (χ4n) is 3.57. The van der Waals surface area contributed by atoms with Crippen LogP contribution in [0.2, 0.25) is 0 Å². The second-order valence-electron chi connectivity index (χ2n) is 7.61. The first-order valence-electron chi connectivity index (χ1n) is 11.4. The molecule has 4 rings (SSSR count). The minimum Gasteiger partial charge on any atom is -0.497 e. The molecule has 1 aromatic heterocycles. The van der Waals surface area contributed by atoms with Crippen LogP contribution in [-0.2, 0) is 0 Å². The predicted octanol–water partition coefficient (Wildman–Crippen LogP) is 5.41. The van der Waals surface area contributed by atoms with E-state index in [1.165, 1.54) is 37.7 Å². The Morgan fingerprint density at radius 1 is 0.919 bits per heavy atom. The summed E-state index contributed by atoms with van der Waals surface area (Å²) in [6.45, 7) is 2.50. The standard InChI is InChI=1S/C27H27N3O6S/c1-6-36-19-9-7-17(8-10-19)16-28-30(27-29-21-12-11-20(32-2)15-24(21)37-27)26(31)18-13-22(33-3)25(35-5)23(14-18)34-4/h7-16H,6H2,1-5H3/b28-16+. The quantitative estimate of drug-likeness (QED) is 0.204. The lowest BCUT2D eigenvalue weighted by Crippen LogP contribution is -2.25. The van der Waals surface area contributed by atoms with Gasteiger partial charge in [0, 0.05) is 5.56 Å². The summed E-state index contributed by atoms with van der Waals surface area (Å²) in [5, 5.41) is 6.18. The van der Waals surface area contributed by atoms with Crippen LogP contribution in [0.15, 0.2) is 59.7 Å². The summed E-state index contributed by atoms with van der Waals surface area (Å²) in [6, 6.07) is 16.1. The molecular formula is C27H27N3O6S. The van der Waals surface area contributed by atoms with E-state index in [-0.39, 0.29) is 5.56 Å². The van der Waals surface area contributed by atoms with Gasteiger partial charge in [0.25, 0.3) is 5.91 Å². The van der Waals surface area contributed by atoms with Crippen LogP contribution in [-0.4, -0.2) is 52.2 Å². The van der Waals surface area contributed by atoms with Crippen LogP contribution in [0.4, 0.5) is 5.13 Å². The molecule has 1 amide bonds. The molecule has 0 bridgehead atoms. The Morgan fingerprint density at radius 2 is 1.59 bits per heavy atom. The van der Waals surface area contributed by atoms with Crippen LogP contribution >= 0.6 is 11.3 Å². The molecule has 4 aromatic rings. The van der Waals surface area contributed by atoms with Gasteiger partial charge in [0.15, 0.2) is 11.5 Å². The Bertz CT molecular complexity index is 1390. The van der Waals surface area contributed by atoms with Crippen LogP contribution in [0.3, 0.4) is 0 Å². The van der Waals surface area contributed by atoms with Crippen molar-refractivity contribution >= 4 is 38.8 Å². The highest BCUT2D eigenvalue weighted by molar-refractivity contribution is 7.22. The van der Waals surface area contributed by atoms with Crippen LogP contribution in [0, 0.1) is 0 Å². The van der Waals surface area contributed by atoms with Gasteiger partial charge in [-0.15, -0.1) is 0 Å². The largest absolute Gasteiger partial charge is 0.497 e. The summed E-state index contributed by atoms with van der Waals surface area (Å²) < 4.78 is 28.0. The van der Waals surface area contributed by atoms with Gasteiger partial charge in [-0.3, -0.25) is 4.79 Å². The third-order valence-electron chi connectivity index (χ3n) is 5.38. The summed E-state index contributed by atoms with van der Waals surface area (Å²) in [4.78, 5) is 18.5. The van der Waals surface area contributed by atoms with E-state index in [4.69, 9.17) is 23.7 Å². The van der Waals surface area contributed by atoms with Gasteiger partial charge < -0.3 is 23.7 Å². The number of carbonyl (C=O) groups excluding carboxylic acids is 1. The highest BCUT2D eigenvalue weighted by atomic mass is 32.1. The number of ether oxygens (including phenoxy) is 5. The summed E-state index contributed by atoms with van der Waals surface area (Å²) in [5.74, 6) is 2.13. The molecule has 37 heavy (non-hydrogen) atoms. The van der Waals surface area contributed by atoms with E-state index in [0.717, 1.165) is 21.5 Å². The number of rotatable bonds is 10. The highest BCUT2D eigenvalue weighted by Crippen LogP contribution is 2.39. The summed E-state index contributed by atoms with van der Waals surface area (Å²) >= 11 is 1.32. The number of amides is 1. The predicted molar refractivity (Wildman–Crippen MR) is 144 cm³/mol. The van der Waals surface area contributed by atoms with Gasteiger partial charge in [0.2, 0.25) is 10.9 Å². The Labute approximate surface area is 218 Å². The van der Waals surface area contributed by atoms with Crippen molar-refractivity contribution in [1.82, 2.24) is 4.98 Å². The number of thiazole rings is 1. The van der Waals surface area contributed by atoms with Crippen molar-refractivity contribution in [3.63, 3.8) is 0 Å². The van der Waals surface area contributed by atoms with Crippen molar-refractivity contribution in [3.05, 3.63) is 65.7 Å². The van der Waals surface area contributed by atoms with E-state index >= 15 is 0 Å². The lowest BCUT2D eigenvalue weighted by molar-refractivity contribution is 0.0987. The van der Waals surface area contributed by atoms with E-state index in [9.17, 15) is 4.79 Å². The fourth-order valence-corrected chi connectivity index (χ4v) is 4.52. The molecule has 192 valence electrons. The topological polar surface area (TPSA) is 91.7 Å². The smallest absolute Gasteiger partial charge is 0.281 e. The number of benzene rings is 3. The van der Waals surface area contributed by atoms with Gasteiger partial charge in [-0.05, 0) is 67.1 Å². The van der Waals surface area contributed by atoms with E-state index < -0.39 is 5.91 Å². The number of nitrogens with zero attached hydrogens (tertiary/aromatic N) is 3. The monoisotopic (exact) mass is 521 g/mol. The lowest BCUT2D eigenvalue weighted by atomic mass is 10.1. The van der Waals surface area contributed by atoms with Crippen LogP contribution in [0.25, 0.3) is 10.2 Å². The van der Waals surface area contributed by atoms with Gasteiger partial charge in [-0.2, -0.15) is 10.1 Å². The summed E-state index contributed by atoms with van der Waals surface area (Å²) in [5.41, 5.74) is 1.80. The molecule has 0 aliphatic rings. The van der Waals surface area contributed by atoms with E-state index in [1.54, 1.807) is 25.5 Å². The van der Waals surface area contributed by atoms with Crippen molar-refractivity contribution in [1.29, 1.82) is 0 Å². The van der Waals surface area contributed by atoms with Gasteiger partial charge >= 0.3 is 0 Å². The number of hydrogen-bond acceptors (Lipinski definition) is 9. The minimum absolute atomic E-state index is 0.287. The number of carbonyl (C=O) groups is 1. The van der Waals surface area contributed by atoms with Crippen LogP contribution < -0.4 is 28.7 Å². The maximum Gasteiger partial charge on any atom is 0.281 e. The van der Waals surface area contributed by atoms with Crippen molar-refractivity contribution in [2.24, 2.45) is 5.10 Å². The van der Waals surface area contributed by atoms with E-state index in [1.807, 2.05) is 49.4 Å². The first-order chi connectivity index (χ1) is 18.0. The Morgan fingerprint density at radius 3 is 2.19 bits per heavy atom. The fraction of sp³-hybridized carbons (Fsp3) is 0.222. The molecule has 9 nitrogen and oxygen atoms in total. The average molecular weight is 522 g/mol. The Balaban J connectivity index is 1.78. The van der Waals surface area contributed by atoms with Gasteiger partial charge in [0.1, 0.15) is 11.5 Å². The zero-order chi connectivity index (χ0) is 26.4. The number of fused-ring (bicyclic) bond motifs is 1. The van der Waals surface area contributed by atoms with Gasteiger partial charge in [-0.1, -0.05) is 11.3 Å². The molecule has 1 heterocycles. The highest BCUT2D eigenvalue weighted by Gasteiger charge is 2.25. The SMILES string of the molecule is CCOc1ccc(/C=N/N(C(=O)c2cc(OC)c(OC)c(OC)c2)c2nc3ccc(OC)cc3s2)cc1. The third-order valence-corrected chi connectivity index (χ3v) is 6.38. The van der Waals surface area contributed by atoms with Crippen molar-refractivity contribution in [2.45, 2.75) is 6.92 Å². The molecule has 0 saturated carbocycles. The minimum atomic E-state index is -0.424. The molecule has 0 aliphatic carbocycles. The molecule has 0 unspecified atom stereocenters. The Kier molecular flexibility index (Phi) is 8.09. The number of hydrazone groups is 1. The molecular weight excluding hydrogens is 494 g/mol. The molecule has 0 radical (unpaired) electrons. The molecule has 0 N–H and O–H groups in total. The number of anilines is 1. The lowest BCUT2D eigenvalue weighted by Gasteiger charge is -2.17. The normalized spacial score (nSPS) is 10.9. The van der Waals surface area contributed by atoms with E-state index in [0.29, 0.717) is 34.7 Å². The third kappa shape index (κ3) is 5.59. The first kappa shape index (κ1) is 25.8. The van der Waals surface area contributed by atoms with Gasteiger partial charge in [-0.25, -0.2) is 4.98 Å². The second-order valence-corrected chi connectivity index (χ2v) is 8.62. The summed E-state index contributed by atoms with van der Waals surface area (Å²) in [7, 11) is 6.10. The number of aromatic nitrogens is 1. The first-order valence-corrected chi connectivity index (χ1v) is 12.2. The van der Waals surface area contributed by atoms with Crippen LogP contribution in [0.5, 0.6) is 28.7 Å². The summed E-state index contributed by atoms with van der Waals surface area (Å²) in [6.07, 6.45) is 1.60. The molecule has 0 saturated heterocycles. The van der Waals surface area contributed by atoms with Crippen molar-refractivity contribution < 1.29 is 28.5 Å². The van der Waals surface area contributed by atoms with E-state index in [2.05, 4.69) is 10.1 Å². The van der Waals surface area contributed by atoms with Crippen molar-refractivity contribution in [3.8, 4) is 28.7 Å².